The molecule has 1 heterocycles. The van der Waals surface area contributed by atoms with Gasteiger partial charge in [0.15, 0.2) is 5.96 Å². The van der Waals surface area contributed by atoms with E-state index in [4.69, 9.17) is 10.5 Å². The minimum atomic E-state index is -0.188. The molecule has 0 saturated heterocycles. The number of nitrogens with one attached hydrogen (secondary N) is 1. The third kappa shape index (κ3) is 5.32. The van der Waals surface area contributed by atoms with Gasteiger partial charge in [-0.1, -0.05) is 28.8 Å². The molecule has 0 radical (unpaired) electrons. The summed E-state index contributed by atoms with van der Waals surface area (Å²) in [6, 6.07) is 8.05. The van der Waals surface area contributed by atoms with Crippen LogP contribution in [0.3, 0.4) is 0 Å². The number of halogens is 1. The van der Waals surface area contributed by atoms with Crippen LogP contribution in [0.1, 0.15) is 46.5 Å². The first kappa shape index (κ1) is 19.9. The summed E-state index contributed by atoms with van der Waals surface area (Å²) in [7, 11) is 1.67. The number of thiophene rings is 1. The van der Waals surface area contributed by atoms with Crippen LogP contribution in [0.5, 0.6) is 5.75 Å². The Balaban J connectivity index is 1.65. The van der Waals surface area contributed by atoms with Crippen molar-refractivity contribution in [2.75, 3.05) is 7.11 Å². The molecule has 1 amide bonds. The maximum Gasteiger partial charge on any atom is 0.259 e. The minimum absolute atomic E-state index is 0.188. The van der Waals surface area contributed by atoms with Gasteiger partial charge in [-0.05, 0) is 60.9 Å². The lowest BCUT2D eigenvalue weighted by Crippen LogP contribution is -2.37. The summed E-state index contributed by atoms with van der Waals surface area (Å²) in [4.78, 5) is 18.1. The van der Waals surface area contributed by atoms with Crippen molar-refractivity contribution >= 4 is 39.1 Å². The van der Waals surface area contributed by atoms with Gasteiger partial charge in [-0.2, -0.15) is 0 Å². The predicted molar refractivity (Wildman–Crippen MR) is 114 cm³/mol. The summed E-state index contributed by atoms with van der Waals surface area (Å²) in [5, 5.41) is 4.68. The zero-order valence-electron chi connectivity index (χ0n) is 15.3. The number of ether oxygens (including phenoxy) is 1. The summed E-state index contributed by atoms with van der Waals surface area (Å²) in [6.07, 6.45) is 6.01. The third-order valence-electron chi connectivity index (χ3n) is 4.74. The number of guanidine groups is 1. The highest BCUT2D eigenvalue weighted by atomic mass is 79.9. The Bertz CT molecular complexity index is 828. The van der Waals surface area contributed by atoms with Gasteiger partial charge < -0.3 is 10.5 Å². The summed E-state index contributed by atoms with van der Waals surface area (Å²) in [6.45, 7) is 0. The summed E-state index contributed by atoms with van der Waals surface area (Å²) < 4.78 is 6.45. The zero-order chi connectivity index (χ0) is 19.2. The number of carbonyl (C=O) groups is 1. The first-order valence-electron chi connectivity index (χ1n) is 9.10. The lowest BCUT2D eigenvalue weighted by molar-refractivity contribution is 0.0976. The Morgan fingerprint density at radius 3 is 2.85 bits per heavy atom. The molecule has 1 aromatic carbocycles. The molecule has 0 unspecified atom stereocenters. The number of methoxy groups -OCH3 is 1. The van der Waals surface area contributed by atoms with Crippen molar-refractivity contribution in [2.45, 2.75) is 44.6 Å². The molecule has 0 atom stereocenters. The average Bonchev–Trinajstić information content (AvgIpc) is 3.31. The molecule has 5 nitrogen and oxygen atoms in total. The van der Waals surface area contributed by atoms with Gasteiger partial charge in [-0.25, -0.2) is 4.99 Å². The largest absolute Gasteiger partial charge is 0.496 e. The fraction of sp³-hybridized carbons (Fsp3) is 0.400. The molecule has 0 bridgehead atoms. The molecule has 1 saturated carbocycles. The highest BCUT2D eigenvalue weighted by Crippen LogP contribution is 2.26. The van der Waals surface area contributed by atoms with Gasteiger partial charge in [0.2, 0.25) is 0 Å². The normalized spacial score (nSPS) is 15.1. The Hall–Kier alpha value is -1.86. The molecule has 27 heavy (non-hydrogen) atoms. The van der Waals surface area contributed by atoms with Crippen molar-refractivity contribution in [3.05, 3.63) is 50.1 Å². The van der Waals surface area contributed by atoms with Gasteiger partial charge in [0.1, 0.15) is 5.75 Å². The van der Waals surface area contributed by atoms with E-state index in [9.17, 15) is 4.79 Å². The molecule has 7 heteroatoms. The van der Waals surface area contributed by atoms with Gasteiger partial charge in [0, 0.05) is 9.35 Å². The van der Waals surface area contributed by atoms with E-state index in [1.165, 1.54) is 12.8 Å². The standard InChI is InChI=1S/C20H24BrN3O2S/c1-26-17-8-7-14(21)12-13(17)6-9-18-16(10-11-27-18)19(25)24-20(22)23-15-4-2-3-5-15/h7-8,10-12,15H,2-6,9H2,1H3,(H3,22,23,24,25). The van der Waals surface area contributed by atoms with Crippen LogP contribution >= 0.6 is 27.3 Å². The molecular formula is C20H24BrN3O2S. The fourth-order valence-electron chi connectivity index (χ4n) is 3.37. The highest BCUT2D eigenvalue weighted by molar-refractivity contribution is 9.10. The van der Waals surface area contributed by atoms with E-state index in [0.29, 0.717) is 5.56 Å². The van der Waals surface area contributed by atoms with Crippen LogP contribution in [0.2, 0.25) is 0 Å². The summed E-state index contributed by atoms with van der Waals surface area (Å²) in [5.41, 5.74) is 7.70. The van der Waals surface area contributed by atoms with E-state index < -0.39 is 0 Å². The van der Waals surface area contributed by atoms with Crippen LogP contribution in [-0.4, -0.2) is 25.0 Å². The number of aliphatic imine (C=N–C) groups is 1. The number of hydrogen-bond acceptors (Lipinski definition) is 4. The second-order valence-electron chi connectivity index (χ2n) is 6.62. The average molecular weight is 450 g/mol. The maximum atomic E-state index is 12.6. The molecule has 0 aliphatic heterocycles. The molecule has 2 aromatic rings. The van der Waals surface area contributed by atoms with Crippen LogP contribution in [0.4, 0.5) is 0 Å². The second kappa shape index (κ2) is 9.37. The van der Waals surface area contributed by atoms with Crippen LogP contribution in [0, 0.1) is 0 Å². The lowest BCUT2D eigenvalue weighted by atomic mass is 10.1. The maximum absolute atomic E-state index is 12.6. The van der Waals surface area contributed by atoms with Gasteiger partial charge in [0.05, 0.1) is 18.7 Å². The number of aryl methyl sites for hydroxylation is 2. The van der Waals surface area contributed by atoms with E-state index in [-0.39, 0.29) is 17.9 Å². The van der Waals surface area contributed by atoms with Gasteiger partial charge in [-0.15, -0.1) is 11.3 Å². The molecule has 3 N–H and O–H groups in total. The summed E-state index contributed by atoms with van der Waals surface area (Å²) in [5.74, 6) is 0.887. The van der Waals surface area contributed by atoms with Crippen molar-refractivity contribution < 1.29 is 9.53 Å². The SMILES string of the molecule is COc1ccc(Br)cc1CCc1sccc1C(=O)NC(N)=NC1CCCC1. The molecule has 1 aliphatic carbocycles. The Kier molecular flexibility index (Phi) is 6.90. The van der Waals surface area contributed by atoms with Crippen molar-refractivity contribution in [3.8, 4) is 5.75 Å². The zero-order valence-corrected chi connectivity index (χ0v) is 17.7. The molecule has 1 aromatic heterocycles. The number of rotatable bonds is 6. The number of benzene rings is 1. The minimum Gasteiger partial charge on any atom is -0.496 e. The predicted octanol–water partition coefficient (Wildman–Crippen LogP) is 4.29. The third-order valence-corrected chi connectivity index (χ3v) is 6.22. The van der Waals surface area contributed by atoms with E-state index in [0.717, 1.165) is 46.3 Å². The second-order valence-corrected chi connectivity index (χ2v) is 8.54. The van der Waals surface area contributed by atoms with Gasteiger partial charge in [-0.3, -0.25) is 10.1 Å². The van der Waals surface area contributed by atoms with E-state index in [1.807, 2.05) is 23.6 Å². The topological polar surface area (TPSA) is 76.7 Å². The number of carbonyl (C=O) groups excluding carboxylic acids is 1. The van der Waals surface area contributed by atoms with Crippen LogP contribution in [0.25, 0.3) is 0 Å². The lowest BCUT2D eigenvalue weighted by Gasteiger charge is -2.10. The first-order valence-corrected chi connectivity index (χ1v) is 10.8. The first-order chi connectivity index (χ1) is 13.1. The Morgan fingerprint density at radius 2 is 2.11 bits per heavy atom. The van der Waals surface area contributed by atoms with E-state index in [2.05, 4.69) is 32.3 Å². The van der Waals surface area contributed by atoms with Crippen LogP contribution in [0.15, 0.2) is 39.1 Å². The van der Waals surface area contributed by atoms with Gasteiger partial charge in [0.25, 0.3) is 5.91 Å². The van der Waals surface area contributed by atoms with Crippen molar-refractivity contribution in [1.29, 1.82) is 0 Å². The monoisotopic (exact) mass is 449 g/mol. The van der Waals surface area contributed by atoms with Crippen LogP contribution < -0.4 is 15.8 Å². The fourth-order valence-corrected chi connectivity index (χ4v) is 4.66. The number of nitrogens with two attached hydrogens (primary N) is 1. The molecule has 0 spiro atoms. The number of hydrogen-bond donors (Lipinski definition) is 2. The van der Waals surface area contributed by atoms with Crippen molar-refractivity contribution in [2.24, 2.45) is 10.7 Å². The van der Waals surface area contributed by atoms with E-state index >= 15 is 0 Å². The molecular weight excluding hydrogens is 426 g/mol. The van der Waals surface area contributed by atoms with Crippen LogP contribution in [-0.2, 0) is 12.8 Å². The molecule has 144 valence electrons. The quantitative estimate of drug-likeness (QED) is 0.509. The smallest absolute Gasteiger partial charge is 0.259 e. The summed E-state index contributed by atoms with van der Waals surface area (Å²) >= 11 is 5.08. The Labute approximate surface area is 172 Å². The van der Waals surface area contributed by atoms with E-state index in [1.54, 1.807) is 18.4 Å². The van der Waals surface area contributed by atoms with Gasteiger partial charge >= 0.3 is 0 Å². The van der Waals surface area contributed by atoms with Crippen molar-refractivity contribution in [3.63, 3.8) is 0 Å². The van der Waals surface area contributed by atoms with Crippen molar-refractivity contribution in [1.82, 2.24) is 5.32 Å². The highest BCUT2D eigenvalue weighted by Gasteiger charge is 2.17. The Morgan fingerprint density at radius 1 is 1.33 bits per heavy atom. The number of amides is 1. The molecule has 3 rings (SSSR count). The molecule has 1 fully saturated rings. The molecule has 1 aliphatic rings. The number of nitrogens with zero attached hydrogens (tertiary/aromatic N) is 1.